The summed E-state index contributed by atoms with van der Waals surface area (Å²) in [7, 11) is 0. The van der Waals surface area contributed by atoms with Crippen LogP contribution in [0.3, 0.4) is 0 Å². The number of nitrogens with zero attached hydrogens (tertiary/aromatic N) is 1. The molecule has 2 aliphatic heterocycles. The van der Waals surface area contributed by atoms with Gasteiger partial charge in [0.05, 0.1) is 5.70 Å². The average molecular weight is 322 g/mol. The van der Waals surface area contributed by atoms with Gasteiger partial charge in [0, 0.05) is 38.5 Å². The maximum absolute atomic E-state index is 14.6. The van der Waals surface area contributed by atoms with E-state index >= 15 is 0 Å². The van der Waals surface area contributed by atoms with E-state index in [4.69, 9.17) is 0 Å². The molecule has 0 saturated carbocycles. The first-order valence-corrected chi connectivity index (χ1v) is 8.35. The SMILES string of the molecule is O=C1CCC(C2C=CC(N3CCC(CO)CC3)=C(F)C2)C(=O)N1. The minimum atomic E-state index is -0.323. The summed E-state index contributed by atoms with van der Waals surface area (Å²) in [5.41, 5.74) is 0.616. The molecule has 2 amide bonds. The van der Waals surface area contributed by atoms with E-state index in [-0.39, 0.29) is 42.5 Å². The van der Waals surface area contributed by atoms with E-state index in [0.29, 0.717) is 24.5 Å². The van der Waals surface area contributed by atoms with Crippen molar-refractivity contribution in [1.82, 2.24) is 10.2 Å². The summed E-state index contributed by atoms with van der Waals surface area (Å²) in [6.45, 7) is 1.70. The molecular weight excluding hydrogens is 299 g/mol. The van der Waals surface area contributed by atoms with Gasteiger partial charge in [0.25, 0.3) is 0 Å². The van der Waals surface area contributed by atoms with E-state index < -0.39 is 0 Å². The highest BCUT2D eigenvalue weighted by molar-refractivity contribution is 5.98. The van der Waals surface area contributed by atoms with Crippen LogP contribution >= 0.6 is 0 Å². The van der Waals surface area contributed by atoms with Crippen LogP contribution in [0, 0.1) is 17.8 Å². The Morgan fingerprint density at radius 3 is 2.61 bits per heavy atom. The molecule has 126 valence electrons. The van der Waals surface area contributed by atoms with Crippen LogP contribution in [0.15, 0.2) is 23.7 Å². The lowest BCUT2D eigenvalue weighted by Gasteiger charge is -2.36. The molecule has 5 nitrogen and oxygen atoms in total. The fourth-order valence-electron chi connectivity index (χ4n) is 3.71. The Morgan fingerprint density at radius 1 is 1.26 bits per heavy atom. The van der Waals surface area contributed by atoms with Gasteiger partial charge < -0.3 is 10.0 Å². The van der Waals surface area contributed by atoms with Gasteiger partial charge in [-0.1, -0.05) is 6.08 Å². The number of aliphatic hydroxyl groups is 1. The van der Waals surface area contributed by atoms with Gasteiger partial charge >= 0.3 is 0 Å². The van der Waals surface area contributed by atoms with E-state index in [1.165, 1.54) is 0 Å². The minimum absolute atomic E-state index is 0.176. The van der Waals surface area contributed by atoms with Crippen molar-refractivity contribution < 1.29 is 19.1 Å². The number of hydrogen-bond donors (Lipinski definition) is 2. The zero-order chi connectivity index (χ0) is 16.4. The van der Waals surface area contributed by atoms with Gasteiger partial charge in [-0.2, -0.15) is 0 Å². The lowest BCUT2D eigenvalue weighted by atomic mass is 9.80. The average Bonchev–Trinajstić information content (AvgIpc) is 2.55. The number of amides is 2. The van der Waals surface area contributed by atoms with Crippen LogP contribution in [0.5, 0.6) is 0 Å². The van der Waals surface area contributed by atoms with Crippen LogP contribution in [0.25, 0.3) is 0 Å². The van der Waals surface area contributed by atoms with Crippen LogP contribution < -0.4 is 5.32 Å². The summed E-state index contributed by atoms with van der Waals surface area (Å²) in [6.07, 6.45) is 6.48. The van der Waals surface area contributed by atoms with Gasteiger partial charge in [0.15, 0.2) is 0 Å². The van der Waals surface area contributed by atoms with Crippen molar-refractivity contribution in [1.29, 1.82) is 0 Å². The second-order valence-electron chi connectivity index (χ2n) is 6.69. The standard InChI is InChI=1S/C17H23FN2O3/c18-14-9-12(13-2-4-16(22)19-17(13)23)1-3-15(14)20-7-5-11(10-21)6-8-20/h1,3,11-13,21H,2,4-10H2,(H,19,22,23). The van der Waals surface area contributed by atoms with Crippen molar-refractivity contribution in [3.05, 3.63) is 23.7 Å². The van der Waals surface area contributed by atoms with Crippen LogP contribution in [-0.4, -0.2) is 41.5 Å². The van der Waals surface area contributed by atoms with E-state index in [2.05, 4.69) is 5.32 Å². The summed E-state index contributed by atoms with van der Waals surface area (Å²) in [6, 6.07) is 0. The molecule has 0 aromatic rings. The van der Waals surface area contributed by atoms with Crippen molar-refractivity contribution in [2.45, 2.75) is 32.1 Å². The molecule has 2 N–H and O–H groups in total. The molecule has 0 spiro atoms. The lowest BCUT2D eigenvalue weighted by Crippen LogP contribution is -2.43. The third-order valence-corrected chi connectivity index (χ3v) is 5.21. The Bertz CT molecular complexity index is 550. The van der Waals surface area contributed by atoms with Crippen LogP contribution in [0.2, 0.25) is 0 Å². The minimum Gasteiger partial charge on any atom is -0.396 e. The molecule has 3 aliphatic rings. The molecule has 23 heavy (non-hydrogen) atoms. The highest BCUT2D eigenvalue weighted by Crippen LogP contribution is 2.35. The normalized spacial score (nSPS) is 29.9. The predicted molar refractivity (Wildman–Crippen MR) is 82.6 cm³/mol. The van der Waals surface area contributed by atoms with Crippen molar-refractivity contribution in [2.75, 3.05) is 19.7 Å². The number of halogens is 1. The van der Waals surface area contributed by atoms with E-state index in [9.17, 15) is 19.1 Å². The smallest absolute Gasteiger partial charge is 0.230 e. The number of hydrogen-bond acceptors (Lipinski definition) is 4. The summed E-state index contributed by atoms with van der Waals surface area (Å²) >= 11 is 0. The Labute approximate surface area is 135 Å². The van der Waals surface area contributed by atoms with Gasteiger partial charge in [0.2, 0.25) is 11.8 Å². The third kappa shape index (κ3) is 3.47. The van der Waals surface area contributed by atoms with Crippen LogP contribution in [-0.2, 0) is 9.59 Å². The van der Waals surface area contributed by atoms with Gasteiger partial charge in [-0.25, -0.2) is 4.39 Å². The molecule has 2 fully saturated rings. The molecule has 2 heterocycles. The number of piperidine rings is 2. The molecular formula is C17H23FN2O3. The Balaban J connectivity index is 1.63. The van der Waals surface area contributed by atoms with Crippen molar-refractivity contribution in [3.63, 3.8) is 0 Å². The maximum atomic E-state index is 14.6. The zero-order valence-electron chi connectivity index (χ0n) is 13.1. The van der Waals surface area contributed by atoms with Crippen LogP contribution in [0.1, 0.15) is 32.1 Å². The van der Waals surface area contributed by atoms with Gasteiger partial charge in [-0.05, 0) is 37.2 Å². The van der Waals surface area contributed by atoms with Gasteiger partial charge in [-0.3, -0.25) is 14.9 Å². The first-order valence-electron chi connectivity index (χ1n) is 8.35. The summed E-state index contributed by atoms with van der Waals surface area (Å²) < 4.78 is 14.6. The molecule has 2 atom stereocenters. The first-order chi connectivity index (χ1) is 11.1. The number of nitrogens with one attached hydrogen (secondary N) is 1. The first kappa shape index (κ1) is 16.2. The van der Waals surface area contributed by atoms with E-state index in [1.54, 1.807) is 6.08 Å². The Morgan fingerprint density at radius 2 is 2.00 bits per heavy atom. The molecule has 1 aliphatic carbocycles. The molecule has 6 heteroatoms. The maximum Gasteiger partial charge on any atom is 0.230 e. The van der Waals surface area contributed by atoms with Crippen molar-refractivity contribution in [2.24, 2.45) is 17.8 Å². The molecule has 0 radical (unpaired) electrons. The third-order valence-electron chi connectivity index (χ3n) is 5.21. The Kier molecular flexibility index (Phi) is 4.80. The number of imide groups is 1. The highest BCUT2D eigenvalue weighted by Gasteiger charge is 2.35. The summed E-state index contributed by atoms with van der Waals surface area (Å²) in [5.74, 6) is -0.882. The quantitative estimate of drug-likeness (QED) is 0.773. The highest BCUT2D eigenvalue weighted by atomic mass is 19.1. The molecule has 0 bridgehead atoms. The molecule has 3 rings (SSSR count). The fourth-order valence-corrected chi connectivity index (χ4v) is 3.71. The van der Waals surface area contributed by atoms with E-state index in [1.807, 2.05) is 11.0 Å². The van der Waals surface area contributed by atoms with Crippen LogP contribution in [0.4, 0.5) is 4.39 Å². The fraction of sp³-hybridized carbons (Fsp3) is 0.647. The second kappa shape index (κ2) is 6.83. The number of likely N-dealkylation sites (tertiary alicyclic amines) is 1. The van der Waals surface area contributed by atoms with Gasteiger partial charge in [0.1, 0.15) is 5.83 Å². The number of carbonyl (C=O) groups excluding carboxylic acids is 2. The topological polar surface area (TPSA) is 69.6 Å². The Hall–Kier alpha value is -1.69. The monoisotopic (exact) mass is 322 g/mol. The molecule has 0 aromatic carbocycles. The lowest BCUT2D eigenvalue weighted by molar-refractivity contribution is -0.137. The zero-order valence-corrected chi connectivity index (χ0v) is 13.1. The summed E-state index contributed by atoms with van der Waals surface area (Å²) in [4.78, 5) is 25.2. The number of aliphatic hydroxyl groups excluding tert-OH is 1. The second-order valence-corrected chi connectivity index (χ2v) is 6.69. The van der Waals surface area contributed by atoms with Crippen molar-refractivity contribution >= 4 is 11.8 Å². The summed E-state index contributed by atoms with van der Waals surface area (Å²) in [5, 5.41) is 11.5. The van der Waals surface area contributed by atoms with Crippen molar-refractivity contribution in [3.8, 4) is 0 Å². The van der Waals surface area contributed by atoms with Gasteiger partial charge in [-0.15, -0.1) is 0 Å². The molecule has 2 unspecified atom stereocenters. The number of rotatable bonds is 3. The largest absolute Gasteiger partial charge is 0.396 e. The number of allylic oxidation sites excluding steroid dienone is 3. The molecule has 2 saturated heterocycles. The number of carbonyl (C=O) groups is 2. The van der Waals surface area contributed by atoms with E-state index in [0.717, 1.165) is 25.9 Å². The molecule has 0 aromatic heterocycles. The predicted octanol–water partition coefficient (Wildman–Crippen LogP) is 1.50.